The molecule has 11 heteroatoms. The number of ether oxygens (including phenoxy) is 1. The molecule has 26 heavy (non-hydrogen) atoms. The minimum absolute atomic E-state index is 0.173. The molecule has 0 aliphatic rings. The van der Waals surface area contributed by atoms with E-state index in [1.807, 2.05) is 0 Å². The molecule has 0 fully saturated rings. The van der Waals surface area contributed by atoms with Crippen LogP contribution in [0.1, 0.15) is 45.3 Å². The molecule has 0 radical (unpaired) electrons. The molecule has 1 atom stereocenters. The number of nitrogens with one attached hydrogen (secondary N) is 1. The van der Waals surface area contributed by atoms with E-state index >= 15 is 0 Å². The second-order valence-electron chi connectivity index (χ2n) is 6.83. The van der Waals surface area contributed by atoms with Crippen LogP contribution in [0.25, 0.3) is 11.4 Å². The van der Waals surface area contributed by atoms with Crippen LogP contribution in [0.3, 0.4) is 0 Å². The van der Waals surface area contributed by atoms with Gasteiger partial charge in [-0.05, 0) is 33.8 Å². The van der Waals surface area contributed by atoms with Crippen LogP contribution < -0.4 is 5.32 Å². The Kier molecular flexibility index (Phi) is 5.59. The Morgan fingerprint density at radius 1 is 1.38 bits per heavy atom. The first-order valence-corrected chi connectivity index (χ1v) is 9.82. The number of aromatic nitrogens is 4. The van der Waals surface area contributed by atoms with Crippen molar-refractivity contribution < 1.29 is 22.5 Å². The number of carbonyl (C=O) groups is 1. The van der Waals surface area contributed by atoms with Gasteiger partial charge in [0, 0.05) is 11.8 Å². The molecule has 2 aromatic rings. The molecular formula is C15H21N5O5S. The Morgan fingerprint density at radius 2 is 2.08 bits per heavy atom. The number of carbonyl (C=O) groups excluding carboxylic acids is 1. The zero-order chi connectivity index (χ0) is 19.5. The molecule has 0 aliphatic carbocycles. The summed E-state index contributed by atoms with van der Waals surface area (Å²) < 4.78 is 33.1. The average molecular weight is 383 g/mol. The molecule has 2 heterocycles. The summed E-state index contributed by atoms with van der Waals surface area (Å²) in [5, 5.41) is 14.0. The van der Waals surface area contributed by atoms with E-state index in [1.54, 1.807) is 27.7 Å². The van der Waals surface area contributed by atoms with Crippen molar-refractivity contribution in [3.8, 4) is 11.4 Å². The highest BCUT2D eigenvalue weighted by molar-refractivity contribution is 7.89. The third kappa shape index (κ3) is 6.06. The van der Waals surface area contributed by atoms with E-state index in [0.29, 0.717) is 5.56 Å². The second kappa shape index (κ2) is 7.36. The Hall–Kier alpha value is -2.56. The molecule has 0 saturated heterocycles. The molecular weight excluding hydrogens is 362 g/mol. The van der Waals surface area contributed by atoms with Crippen LogP contribution >= 0.6 is 0 Å². The van der Waals surface area contributed by atoms with Crippen molar-refractivity contribution in [2.24, 2.45) is 0 Å². The lowest BCUT2D eigenvalue weighted by molar-refractivity contribution is 0.0499. The van der Waals surface area contributed by atoms with Crippen molar-refractivity contribution in [2.75, 3.05) is 6.26 Å². The van der Waals surface area contributed by atoms with Gasteiger partial charge < -0.3 is 14.6 Å². The molecule has 10 nitrogen and oxygen atoms in total. The lowest BCUT2D eigenvalue weighted by Gasteiger charge is -2.20. The normalized spacial score (nSPS) is 13.3. The highest BCUT2D eigenvalue weighted by atomic mass is 32.2. The molecule has 1 N–H and O–H groups in total. The van der Waals surface area contributed by atoms with Gasteiger partial charge in [0.05, 0.1) is 17.6 Å². The summed E-state index contributed by atoms with van der Waals surface area (Å²) in [6, 6.07) is 0.950. The Balaban J connectivity index is 2.12. The topological polar surface area (TPSA) is 137 Å². The maximum Gasteiger partial charge on any atom is 0.408 e. The van der Waals surface area contributed by atoms with Crippen molar-refractivity contribution in [1.82, 2.24) is 25.7 Å². The maximum atomic E-state index is 11.8. The van der Waals surface area contributed by atoms with Gasteiger partial charge in [0.15, 0.2) is 9.84 Å². The van der Waals surface area contributed by atoms with Gasteiger partial charge in [-0.15, -0.1) is 0 Å². The van der Waals surface area contributed by atoms with Crippen LogP contribution in [-0.2, 0) is 20.3 Å². The Morgan fingerprint density at radius 3 is 2.69 bits per heavy atom. The van der Waals surface area contributed by atoms with Crippen LogP contribution in [0.4, 0.5) is 4.79 Å². The summed E-state index contributed by atoms with van der Waals surface area (Å²) in [6.45, 7) is 6.94. The summed E-state index contributed by atoms with van der Waals surface area (Å²) in [7, 11) is -3.24. The van der Waals surface area contributed by atoms with Gasteiger partial charge in [-0.25, -0.2) is 13.2 Å². The zero-order valence-electron chi connectivity index (χ0n) is 15.2. The third-order valence-electron chi connectivity index (χ3n) is 2.92. The standard InChI is InChI=1S/C15H21N5O5S/c1-9(17-14(21)24-15(2,3)4)13-18-12(20-25-13)10-6-11(19-16-7-10)8-26(5,22)23/h6-7,9H,8H2,1-5H3,(H,17,21)/t9-/m0/s1. The fourth-order valence-corrected chi connectivity index (χ4v) is 2.63. The van der Waals surface area contributed by atoms with Crippen molar-refractivity contribution in [2.45, 2.75) is 45.1 Å². The lowest BCUT2D eigenvalue weighted by Crippen LogP contribution is -2.34. The highest BCUT2D eigenvalue weighted by Gasteiger charge is 2.22. The molecule has 1 amide bonds. The number of hydrogen-bond acceptors (Lipinski definition) is 9. The maximum absolute atomic E-state index is 11.8. The van der Waals surface area contributed by atoms with E-state index in [0.717, 1.165) is 6.26 Å². The van der Waals surface area contributed by atoms with E-state index in [9.17, 15) is 13.2 Å². The fraction of sp³-hybridized carbons (Fsp3) is 0.533. The molecule has 2 rings (SSSR count). The number of alkyl carbamates (subject to hydrolysis) is 1. The van der Waals surface area contributed by atoms with Crippen molar-refractivity contribution >= 4 is 15.9 Å². The van der Waals surface area contributed by atoms with Crippen molar-refractivity contribution in [3.05, 3.63) is 23.8 Å². The number of rotatable bonds is 5. The Bertz CT molecular complexity index is 888. The summed E-state index contributed by atoms with van der Waals surface area (Å²) in [5.74, 6) is 0.143. The van der Waals surface area contributed by atoms with Gasteiger partial charge in [-0.1, -0.05) is 5.16 Å². The van der Waals surface area contributed by atoms with E-state index in [2.05, 4.69) is 25.7 Å². The van der Waals surface area contributed by atoms with Crippen LogP contribution in [0.5, 0.6) is 0 Å². The molecule has 0 spiro atoms. The summed E-state index contributed by atoms with van der Waals surface area (Å²) in [6.07, 6.45) is 1.90. The fourth-order valence-electron chi connectivity index (χ4n) is 1.95. The average Bonchev–Trinajstić information content (AvgIpc) is 2.93. The summed E-state index contributed by atoms with van der Waals surface area (Å²) in [5.41, 5.74) is 0.108. The lowest BCUT2D eigenvalue weighted by atomic mass is 10.2. The molecule has 2 aromatic heterocycles. The van der Waals surface area contributed by atoms with Gasteiger partial charge in [-0.2, -0.15) is 15.2 Å². The predicted octanol–water partition coefficient (Wildman–Crippen LogP) is 1.66. The first-order valence-electron chi connectivity index (χ1n) is 7.76. The highest BCUT2D eigenvalue weighted by Crippen LogP contribution is 2.19. The van der Waals surface area contributed by atoms with Crippen molar-refractivity contribution in [1.29, 1.82) is 0 Å². The van der Waals surface area contributed by atoms with Gasteiger partial charge in [0.25, 0.3) is 0 Å². The third-order valence-corrected chi connectivity index (χ3v) is 3.74. The minimum atomic E-state index is -3.24. The van der Waals surface area contributed by atoms with Gasteiger partial charge in [-0.3, -0.25) is 0 Å². The molecule has 0 bridgehead atoms. The van der Waals surface area contributed by atoms with Gasteiger partial charge in [0.2, 0.25) is 11.7 Å². The first kappa shape index (κ1) is 19.8. The predicted molar refractivity (Wildman–Crippen MR) is 91.7 cm³/mol. The molecule has 142 valence electrons. The van der Waals surface area contributed by atoms with Crippen LogP contribution in [-0.4, -0.2) is 46.7 Å². The quantitative estimate of drug-likeness (QED) is 0.816. The Labute approximate surface area is 151 Å². The molecule has 0 saturated carbocycles. The molecule has 0 unspecified atom stereocenters. The van der Waals surface area contributed by atoms with E-state index in [-0.39, 0.29) is 23.2 Å². The number of sulfone groups is 1. The summed E-state index contributed by atoms with van der Waals surface area (Å²) >= 11 is 0. The van der Waals surface area contributed by atoms with Crippen molar-refractivity contribution in [3.63, 3.8) is 0 Å². The van der Waals surface area contributed by atoms with E-state index < -0.39 is 27.6 Å². The van der Waals surface area contributed by atoms with Crippen LogP contribution in [0.15, 0.2) is 16.8 Å². The van der Waals surface area contributed by atoms with Gasteiger partial charge >= 0.3 is 6.09 Å². The number of hydrogen-bond donors (Lipinski definition) is 1. The second-order valence-corrected chi connectivity index (χ2v) is 8.97. The summed E-state index contributed by atoms with van der Waals surface area (Å²) in [4.78, 5) is 16.0. The monoisotopic (exact) mass is 383 g/mol. The van der Waals surface area contributed by atoms with E-state index in [4.69, 9.17) is 9.26 Å². The first-order chi connectivity index (χ1) is 11.9. The molecule has 0 aliphatic heterocycles. The number of nitrogens with zero attached hydrogens (tertiary/aromatic N) is 4. The SMILES string of the molecule is C[C@H](NC(=O)OC(C)(C)C)c1nc(-c2cnnc(CS(C)(=O)=O)c2)no1. The minimum Gasteiger partial charge on any atom is -0.444 e. The molecule has 0 aromatic carbocycles. The smallest absolute Gasteiger partial charge is 0.408 e. The van der Waals surface area contributed by atoms with Crippen LogP contribution in [0, 0.1) is 0 Å². The van der Waals surface area contributed by atoms with Crippen LogP contribution in [0.2, 0.25) is 0 Å². The number of amides is 1. The zero-order valence-corrected chi connectivity index (χ0v) is 16.0. The largest absolute Gasteiger partial charge is 0.444 e. The van der Waals surface area contributed by atoms with Gasteiger partial charge in [0.1, 0.15) is 11.6 Å². The van der Waals surface area contributed by atoms with E-state index in [1.165, 1.54) is 12.3 Å².